The van der Waals surface area contributed by atoms with Crippen molar-refractivity contribution in [1.29, 1.82) is 0 Å². The minimum atomic E-state index is 0.636. The van der Waals surface area contributed by atoms with Gasteiger partial charge in [-0.2, -0.15) is 0 Å². The number of hydrogen-bond acceptors (Lipinski definition) is 4. The van der Waals surface area contributed by atoms with E-state index >= 15 is 0 Å². The van der Waals surface area contributed by atoms with E-state index in [-0.39, 0.29) is 0 Å². The number of ether oxygens (including phenoxy) is 2. The van der Waals surface area contributed by atoms with Crippen molar-refractivity contribution in [3.8, 4) is 11.5 Å². The maximum Gasteiger partial charge on any atom is 0.119 e. The van der Waals surface area contributed by atoms with Crippen molar-refractivity contribution in [2.24, 2.45) is 11.7 Å². The van der Waals surface area contributed by atoms with Gasteiger partial charge in [0, 0.05) is 19.1 Å². The summed E-state index contributed by atoms with van der Waals surface area (Å²) in [7, 11) is 1.67. The molecule has 2 N–H and O–H groups in total. The molecule has 4 nitrogen and oxygen atoms in total. The fourth-order valence-electron chi connectivity index (χ4n) is 2.72. The third-order valence-corrected chi connectivity index (χ3v) is 4.15. The average Bonchev–Trinajstić information content (AvgIpc) is 2.50. The van der Waals surface area contributed by atoms with Gasteiger partial charge in [-0.1, -0.05) is 0 Å². The Balaban J connectivity index is 1.76. The molecule has 1 aliphatic rings. The molecular weight excluding hydrogens is 252 g/mol. The van der Waals surface area contributed by atoms with Crippen molar-refractivity contribution in [3.63, 3.8) is 0 Å². The number of benzene rings is 1. The van der Waals surface area contributed by atoms with E-state index in [9.17, 15) is 0 Å². The second-order valence-electron chi connectivity index (χ2n) is 5.55. The minimum Gasteiger partial charge on any atom is -0.497 e. The van der Waals surface area contributed by atoms with Crippen molar-refractivity contribution in [2.45, 2.75) is 25.8 Å². The molecule has 1 aliphatic heterocycles. The molecule has 0 bridgehead atoms. The van der Waals surface area contributed by atoms with Gasteiger partial charge in [0.25, 0.3) is 0 Å². The molecule has 20 heavy (non-hydrogen) atoms. The first-order valence-electron chi connectivity index (χ1n) is 7.44. The lowest BCUT2D eigenvalue weighted by atomic mass is 9.94. The van der Waals surface area contributed by atoms with E-state index in [1.807, 2.05) is 24.3 Å². The van der Waals surface area contributed by atoms with Crippen LogP contribution in [0.4, 0.5) is 0 Å². The number of nitrogens with two attached hydrogens (primary N) is 1. The Hall–Kier alpha value is -1.26. The van der Waals surface area contributed by atoms with Crippen LogP contribution in [0.1, 0.15) is 19.8 Å². The maximum atomic E-state index is 5.80. The second-order valence-corrected chi connectivity index (χ2v) is 5.55. The Labute approximate surface area is 121 Å². The molecule has 0 spiro atoms. The van der Waals surface area contributed by atoms with Crippen molar-refractivity contribution in [3.05, 3.63) is 24.3 Å². The fraction of sp³-hybridized carbons (Fsp3) is 0.625. The highest BCUT2D eigenvalue weighted by Crippen LogP contribution is 2.21. The Bertz CT molecular complexity index is 394. The molecule has 1 heterocycles. The molecule has 0 saturated carbocycles. The Morgan fingerprint density at radius 3 is 2.55 bits per heavy atom. The molecule has 2 atom stereocenters. The van der Waals surface area contributed by atoms with Crippen LogP contribution in [-0.4, -0.2) is 44.3 Å². The molecule has 112 valence electrons. The third kappa shape index (κ3) is 4.12. The van der Waals surface area contributed by atoms with Crippen molar-refractivity contribution < 1.29 is 9.47 Å². The Morgan fingerprint density at radius 2 is 1.90 bits per heavy atom. The number of piperidine rings is 1. The van der Waals surface area contributed by atoms with Gasteiger partial charge >= 0.3 is 0 Å². The molecule has 1 aromatic carbocycles. The van der Waals surface area contributed by atoms with Crippen LogP contribution in [0, 0.1) is 5.92 Å². The van der Waals surface area contributed by atoms with Crippen LogP contribution in [0.3, 0.4) is 0 Å². The molecule has 0 aliphatic carbocycles. The van der Waals surface area contributed by atoms with E-state index in [0.29, 0.717) is 18.6 Å². The van der Waals surface area contributed by atoms with E-state index in [0.717, 1.165) is 31.1 Å². The van der Waals surface area contributed by atoms with Gasteiger partial charge in [0.15, 0.2) is 0 Å². The van der Waals surface area contributed by atoms with Gasteiger partial charge in [-0.05, 0) is 56.5 Å². The van der Waals surface area contributed by atoms with Crippen LogP contribution in [-0.2, 0) is 0 Å². The van der Waals surface area contributed by atoms with E-state index in [4.69, 9.17) is 15.2 Å². The maximum absolute atomic E-state index is 5.80. The standard InChI is InChI=1S/C16H26N2O2/c1-13-3-4-14(11-17)12-18(13)9-10-20-16-7-5-15(19-2)6-8-16/h5-8,13-14H,3-4,9-12,17H2,1-2H3. The predicted octanol–water partition coefficient (Wildman–Crippen LogP) is 2.13. The monoisotopic (exact) mass is 278 g/mol. The summed E-state index contributed by atoms with van der Waals surface area (Å²) < 4.78 is 10.9. The minimum absolute atomic E-state index is 0.636. The van der Waals surface area contributed by atoms with Crippen molar-refractivity contribution in [2.75, 3.05) is 33.4 Å². The molecular formula is C16H26N2O2. The summed E-state index contributed by atoms with van der Waals surface area (Å²) in [5.74, 6) is 2.39. The van der Waals surface area contributed by atoms with Gasteiger partial charge in [-0.3, -0.25) is 4.90 Å². The highest BCUT2D eigenvalue weighted by Gasteiger charge is 2.24. The van der Waals surface area contributed by atoms with E-state index in [1.54, 1.807) is 7.11 Å². The quantitative estimate of drug-likeness (QED) is 0.866. The largest absolute Gasteiger partial charge is 0.497 e. The first-order chi connectivity index (χ1) is 9.72. The summed E-state index contributed by atoms with van der Waals surface area (Å²) in [4.78, 5) is 2.49. The number of methoxy groups -OCH3 is 1. The zero-order valence-electron chi connectivity index (χ0n) is 12.5. The number of nitrogens with zero attached hydrogens (tertiary/aromatic N) is 1. The Morgan fingerprint density at radius 1 is 1.20 bits per heavy atom. The van der Waals surface area contributed by atoms with Gasteiger partial charge < -0.3 is 15.2 Å². The number of hydrogen-bond donors (Lipinski definition) is 1. The lowest BCUT2D eigenvalue weighted by Gasteiger charge is -2.37. The molecule has 0 radical (unpaired) electrons. The highest BCUT2D eigenvalue weighted by atomic mass is 16.5. The van der Waals surface area contributed by atoms with Crippen LogP contribution in [0.2, 0.25) is 0 Å². The van der Waals surface area contributed by atoms with Gasteiger partial charge in [-0.15, -0.1) is 0 Å². The third-order valence-electron chi connectivity index (χ3n) is 4.15. The lowest BCUT2D eigenvalue weighted by molar-refractivity contribution is 0.102. The van der Waals surface area contributed by atoms with Crippen LogP contribution in [0.25, 0.3) is 0 Å². The van der Waals surface area contributed by atoms with Gasteiger partial charge in [0.1, 0.15) is 18.1 Å². The molecule has 1 saturated heterocycles. The SMILES string of the molecule is COc1ccc(OCCN2CC(CN)CCC2C)cc1. The summed E-state index contributed by atoms with van der Waals surface area (Å²) in [6.45, 7) is 5.87. The first-order valence-corrected chi connectivity index (χ1v) is 7.44. The molecule has 0 aromatic heterocycles. The number of rotatable bonds is 6. The fourth-order valence-corrected chi connectivity index (χ4v) is 2.72. The summed E-state index contributed by atoms with van der Waals surface area (Å²) in [6, 6.07) is 8.37. The number of likely N-dealkylation sites (tertiary alicyclic amines) is 1. The second kappa shape index (κ2) is 7.50. The zero-order valence-corrected chi connectivity index (χ0v) is 12.5. The average molecular weight is 278 g/mol. The topological polar surface area (TPSA) is 47.7 Å². The van der Waals surface area contributed by atoms with Crippen LogP contribution < -0.4 is 15.2 Å². The van der Waals surface area contributed by atoms with Crippen molar-refractivity contribution >= 4 is 0 Å². The summed E-state index contributed by atoms with van der Waals surface area (Å²) in [5, 5.41) is 0. The molecule has 2 unspecified atom stereocenters. The van der Waals surface area contributed by atoms with E-state index < -0.39 is 0 Å². The molecule has 4 heteroatoms. The summed E-state index contributed by atoms with van der Waals surface area (Å²) in [5.41, 5.74) is 5.79. The highest BCUT2D eigenvalue weighted by molar-refractivity contribution is 5.31. The Kier molecular flexibility index (Phi) is 5.68. The van der Waals surface area contributed by atoms with E-state index in [2.05, 4.69) is 11.8 Å². The van der Waals surface area contributed by atoms with Crippen LogP contribution in [0.15, 0.2) is 24.3 Å². The summed E-state index contributed by atoms with van der Waals surface area (Å²) in [6.07, 6.45) is 2.50. The normalized spacial score (nSPS) is 23.6. The van der Waals surface area contributed by atoms with Gasteiger partial charge in [0.2, 0.25) is 0 Å². The predicted molar refractivity (Wildman–Crippen MR) is 81.3 cm³/mol. The summed E-state index contributed by atoms with van der Waals surface area (Å²) >= 11 is 0. The van der Waals surface area contributed by atoms with E-state index in [1.165, 1.54) is 12.8 Å². The van der Waals surface area contributed by atoms with Crippen LogP contribution in [0.5, 0.6) is 11.5 Å². The van der Waals surface area contributed by atoms with Crippen molar-refractivity contribution in [1.82, 2.24) is 4.90 Å². The zero-order chi connectivity index (χ0) is 14.4. The molecule has 1 aromatic rings. The van der Waals surface area contributed by atoms with Crippen LogP contribution >= 0.6 is 0 Å². The smallest absolute Gasteiger partial charge is 0.119 e. The lowest BCUT2D eigenvalue weighted by Crippen LogP contribution is -2.45. The first kappa shape index (κ1) is 15.1. The van der Waals surface area contributed by atoms with Gasteiger partial charge in [-0.25, -0.2) is 0 Å². The molecule has 0 amide bonds. The van der Waals surface area contributed by atoms with Gasteiger partial charge in [0.05, 0.1) is 7.11 Å². The molecule has 1 fully saturated rings. The molecule has 2 rings (SSSR count).